The molecular formula is C13H27N3O4S. The van der Waals surface area contributed by atoms with Gasteiger partial charge < -0.3 is 15.8 Å². The minimum absolute atomic E-state index is 0.0914. The molecule has 0 aromatic carbocycles. The predicted octanol–water partition coefficient (Wildman–Crippen LogP) is -0.328. The van der Waals surface area contributed by atoms with E-state index in [0.29, 0.717) is 32.7 Å². The zero-order valence-corrected chi connectivity index (χ0v) is 13.5. The lowest BCUT2D eigenvalue weighted by atomic mass is 10.1. The van der Waals surface area contributed by atoms with Crippen LogP contribution in [0.3, 0.4) is 0 Å². The first-order chi connectivity index (χ1) is 10.0. The van der Waals surface area contributed by atoms with Gasteiger partial charge in [0, 0.05) is 45.8 Å². The van der Waals surface area contributed by atoms with E-state index in [1.54, 1.807) is 11.4 Å². The summed E-state index contributed by atoms with van der Waals surface area (Å²) in [7, 11) is -1.73. The fourth-order valence-corrected chi connectivity index (χ4v) is 4.26. The van der Waals surface area contributed by atoms with Crippen LogP contribution in [0.2, 0.25) is 0 Å². The van der Waals surface area contributed by atoms with Gasteiger partial charge in [-0.1, -0.05) is 6.42 Å². The zero-order chi connectivity index (χ0) is 15.7. The summed E-state index contributed by atoms with van der Waals surface area (Å²) in [5.41, 5.74) is 5.32. The molecule has 1 aliphatic heterocycles. The van der Waals surface area contributed by atoms with Gasteiger partial charge in [0.05, 0.1) is 5.75 Å². The van der Waals surface area contributed by atoms with Crippen molar-refractivity contribution in [1.82, 2.24) is 9.62 Å². The minimum atomic E-state index is -3.29. The number of nitrogens with two attached hydrogens (primary N) is 1. The highest BCUT2D eigenvalue weighted by atomic mass is 32.2. The second kappa shape index (κ2) is 9.34. The van der Waals surface area contributed by atoms with E-state index in [0.717, 1.165) is 19.3 Å². The molecule has 1 heterocycles. The summed E-state index contributed by atoms with van der Waals surface area (Å²) in [6.45, 7) is 1.63. The van der Waals surface area contributed by atoms with Crippen molar-refractivity contribution in [3.8, 4) is 0 Å². The third kappa shape index (κ3) is 6.29. The van der Waals surface area contributed by atoms with Gasteiger partial charge in [-0.15, -0.1) is 0 Å². The Balaban J connectivity index is 2.57. The Morgan fingerprint density at radius 3 is 2.86 bits per heavy atom. The number of sulfonamides is 1. The predicted molar refractivity (Wildman–Crippen MR) is 81.3 cm³/mol. The Kier molecular flexibility index (Phi) is 8.16. The van der Waals surface area contributed by atoms with Crippen LogP contribution in [0, 0.1) is 0 Å². The van der Waals surface area contributed by atoms with Crippen molar-refractivity contribution < 1.29 is 17.9 Å². The van der Waals surface area contributed by atoms with Gasteiger partial charge in [0.15, 0.2) is 0 Å². The average Bonchev–Trinajstić information content (AvgIpc) is 2.46. The quantitative estimate of drug-likeness (QED) is 0.566. The largest absolute Gasteiger partial charge is 0.385 e. The summed E-state index contributed by atoms with van der Waals surface area (Å²) >= 11 is 0. The van der Waals surface area contributed by atoms with Crippen LogP contribution in [0.15, 0.2) is 0 Å². The van der Waals surface area contributed by atoms with Crippen molar-refractivity contribution in [2.24, 2.45) is 5.73 Å². The Bertz CT molecular complexity index is 414. The number of rotatable bonds is 9. The fourth-order valence-electron chi connectivity index (χ4n) is 2.50. The number of amides is 1. The molecule has 7 nitrogen and oxygen atoms in total. The summed E-state index contributed by atoms with van der Waals surface area (Å²) in [5, 5.41) is 2.77. The molecule has 1 rings (SSSR count). The number of methoxy groups -OCH3 is 1. The van der Waals surface area contributed by atoms with E-state index in [-0.39, 0.29) is 24.1 Å². The van der Waals surface area contributed by atoms with E-state index >= 15 is 0 Å². The molecule has 0 saturated carbocycles. The first kappa shape index (κ1) is 18.3. The molecule has 0 radical (unpaired) electrons. The number of carbonyl (C=O) groups is 1. The second-order valence-corrected chi connectivity index (χ2v) is 7.31. The molecule has 0 aromatic rings. The molecule has 3 N–H and O–H groups in total. The lowest BCUT2D eigenvalue weighted by Gasteiger charge is -2.34. The zero-order valence-electron chi connectivity index (χ0n) is 12.7. The highest BCUT2D eigenvalue weighted by Crippen LogP contribution is 2.20. The highest BCUT2D eigenvalue weighted by Gasteiger charge is 2.31. The van der Waals surface area contributed by atoms with Crippen LogP contribution in [-0.4, -0.2) is 63.8 Å². The summed E-state index contributed by atoms with van der Waals surface area (Å²) in [6, 6.07) is -0.145. The highest BCUT2D eigenvalue weighted by molar-refractivity contribution is 7.89. The van der Waals surface area contributed by atoms with Gasteiger partial charge in [-0.05, 0) is 19.3 Å². The molecule has 0 aromatic heterocycles. The third-order valence-electron chi connectivity index (χ3n) is 3.59. The van der Waals surface area contributed by atoms with Crippen molar-refractivity contribution in [2.45, 2.75) is 38.1 Å². The fraction of sp³-hybridized carbons (Fsp3) is 0.923. The molecule has 1 unspecified atom stereocenters. The van der Waals surface area contributed by atoms with E-state index in [1.807, 2.05) is 0 Å². The Labute approximate surface area is 127 Å². The number of carbonyl (C=O) groups excluding carboxylic acids is 1. The third-order valence-corrected chi connectivity index (χ3v) is 5.59. The maximum Gasteiger partial charge on any atom is 0.221 e. The topological polar surface area (TPSA) is 102 Å². The molecule has 8 heteroatoms. The van der Waals surface area contributed by atoms with Crippen molar-refractivity contribution in [2.75, 3.05) is 39.1 Å². The van der Waals surface area contributed by atoms with Gasteiger partial charge in [0.2, 0.25) is 15.9 Å². The van der Waals surface area contributed by atoms with Crippen LogP contribution in [0.5, 0.6) is 0 Å². The molecular weight excluding hydrogens is 294 g/mol. The number of hydrogen-bond acceptors (Lipinski definition) is 5. The van der Waals surface area contributed by atoms with E-state index in [2.05, 4.69) is 5.32 Å². The Morgan fingerprint density at radius 1 is 1.43 bits per heavy atom. The lowest BCUT2D eigenvalue weighted by molar-refractivity contribution is -0.121. The maximum absolute atomic E-state index is 12.4. The van der Waals surface area contributed by atoms with Crippen LogP contribution < -0.4 is 11.1 Å². The van der Waals surface area contributed by atoms with Crippen molar-refractivity contribution in [3.63, 3.8) is 0 Å². The molecule has 0 aliphatic carbocycles. The molecule has 21 heavy (non-hydrogen) atoms. The van der Waals surface area contributed by atoms with Crippen molar-refractivity contribution in [3.05, 3.63) is 0 Å². The molecule has 1 atom stereocenters. The lowest BCUT2D eigenvalue weighted by Crippen LogP contribution is -2.50. The van der Waals surface area contributed by atoms with Gasteiger partial charge in [-0.25, -0.2) is 8.42 Å². The van der Waals surface area contributed by atoms with Crippen LogP contribution >= 0.6 is 0 Å². The first-order valence-electron chi connectivity index (χ1n) is 7.46. The average molecular weight is 321 g/mol. The molecule has 1 amide bonds. The van der Waals surface area contributed by atoms with Gasteiger partial charge in [-0.2, -0.15) is 4.31 Å². The maximum atomic E-state index is 12.4. The van der Waals surface area contributed by atoms with E-state index in [4.69, 9.17) is 10.5 Å². The first-order valence-corrected chi connectivity index (χ1v) is 9.07. The minimum Gasteiger partial charge on any atom is -0.385 e. The molecule has 124 valence electrons. The number of piperidine rings is 1. The number of hydrogen-bond donors (Lipinski definition) is 2. The monoisotopic (exact) mass is 321 g/mol. The number of nitrogens with one attached hydrogen (secondary N) is 1. The van der Waals surface area contributed by atoms with E-state index in [1.165, 1.54) is 0 Å². The van der Waals surface area contributed by atoms with Gasteiger partial charge in [0.1, 0.15) is 0 Å². The molecule has 0 bridgehead atoms. The second-order valence-electron chi connectivity index (χ2n) is 5.27. The Morgan fingerprint density at radius 2 is 2.19 bits per heavy atom. The summed E-state index contributed by atoms with van der Waals surface area (Å²) in [5.74, 6) is -0.0338. The van der Waals surface area contributed by atoms with Crippen LogP contribution in [0.25, 0.3) is 0 Å². The van der Waals surface area contributed by atoms with Gasteiger partial charge in [-0.3, -0.25) is 4.79 Å². The summed E-state index contributed by atoms with van der Waals surface area (Å²) < 4.78 is 31.2. The van der Waals surface area contributed by atoms with E-state index < -0.39 is 10.0 Å². The Hall–Kier alpha value is -0.700. The number of nitrogens with zero attached hydrogens (tertiary/aromatic N) is 1. The van der Waals surface area contributed by atoms with E-state index in [9.17, 15) is 13.2 Å². The van der Waals surface area contributed by atoms with Crippen molar-refractivity contribution in [1.29, 1.82) is 0 Å². The van der Waals surface area contributed by atoms with Gasteiger partial charge in [0.25, 0.3) is 0 Å². The van der Waals surface area contributed by atoms with Crippen LogP contribution in [0.4, 0.5) is 0 Å². The molecule has 1 aliphatic rings. The molecule has 1 fully saturated rings. The van der Waals surface area contributed by atoms with Crippen LogP contribution in [0.1, 0.15) is 32.1 Å². The SMILES string of the molecule is COCCCS(=O)(=O)N1CCCCC1CNC(=O)CCN. The van der Waals surface area contributed by atoms with Crippen LogP contribution in [-0.2, 0) is 19.6 Å². The normalized spacial score (nSPS) is 20.4. The molecule has 0 spiro atoms. The molecule has 1 saturated heterocycles. The smallest absolute Gasteiger partial charge is 0.221 e. The number of ether oxygens (including phenoxy) is 1. The summed E-state index contributed by atoms with van der Waals surface area (Å²) in [4.78, 5) is 11.5. The van der Waals surface area contributed by atoms with Gasteiger partial charge >= 0.3 is 0 Å². The van der Waals surface area contributed by atoms with Crippen molar-refractivity contribution >= 4 is 15.9 Å². The summed E-state index contributed by atoms with van der Waals surface area (Å²) in [6.07, 6.45) is 3.40. The standard InChI is InChI=1S/C13H27N3O4S/c1-20-9-4-10-21(18,19)16-8-3-2-5-12(16)11-15-13(17)6-7-14/h12H,2-11,14H2,1H3,(H,15,17).